The summed E-state index contributed by atoms with van der Waals surface area (Å²) in [6, 6.07) is 0. The second kappa shape index (κ2) is 66.6. The first kappa shape index (κ1) is 75.1. The van der Waals surface area contributed by atoms with Gasteiger partial charge in [0.05, 0.1) is 0 Å². The van der Waals surface area contributed by atoms with Crippen LogP contribution >= 0.6 is 0 Å². The molecule has 0 heterocycles. The summed E-state index contributed by atoms with van der Waals surface area (Å²) in [6.07, 6.45) is 85.5. The maximum atomic E-state index is 12.9. The second-order valence-electron chi connectivity index (χ2n) is 23.1. The predicted octanol–water partition coefficient (Wildman–Crippen LogP) is 23.5. The van der Waals surface area contributed by atoms with Crippen LogP contribution in [0.1, 0.15) is 361 Å². The van der Waals surface area contributed by atoms with Gasteiger partial charge < -0.3 is 14.2 Å². The number of ether oxygens (including phenoxy) is 3. The van der Waals surface area contributed by atoms with Crippen molar-refractivity contribution in [3.63, 3.8) is 0 Å². The minimum Gasteiger partial charge on any atom is -0.462 e. The summed E-state index contributed by atoms with van der Waals surface area (Å²) >= 11 is 0. The van der Waals surface area contributed by atoms with E-state index in [4.69, 9.17) is 14.2 Å². The Bertz CT molecular complexity index is 1390. The zero-order valence-corrected chi connectivity index (χ0v) is 52.2. The van der Waals surface area contributed by atoms with Gasteiger partial charge in [-0.25, -0.2) is 0 Å². The highest BCUT2D eigenvalue weighted by molar-refractivity contribution is 5.71. The number of hydrogen-bond donors (Lipinski definition) is 0. The van der Waals surface area contributed by atoms with Crippen molar-refractivity contribution in [3.8, 4) is 0 Å². The lowest BCUT2D eigenvalue weighted by atomic mass is 10.0. The SMILES string of the molecule is CC/C=C\C/C=C\C/C=C\C/C=C\CCCCC(=O)OC(COC(=O)CCCCCCC/C=C\CCCCCCCC)COC(=O)CCCCCCCCCCCCCCCCCCCCCCCCCCCCCCCC. The van der Waals surface area contributed by atoms with Crippen LogP contribution in [0.4, 0.5) is 0 Å². The summed E-state index contributed by atoms with van der Waals surface area (Å²) in [5, 5.41) is 0. The standard InChI is InChI=1S/C72H130O6/c1-4-7-10-13-16-19-22-25-28-29-30-31-32-33-34-35-36-37-38-39-40-41-42-45-47-50-53-56-59-62-65-71(74)77-68-69(78-72(75)66-63-60-57-54-51-48-44-27-24-21-18-15-12-9-6-3)67-76-70(73)64-61-58-55-52-49-46-43-26-23-20-17-14-11-8-5-2/h9,12,18,21,26-27,43-44,51,54,69H,4-8,10-11,13-17,19-20,22-25,28-42,45-50,52-53,55-68H2,1-3H3/b12-9-,21-18-,43-26-,44-27-,54-51-. The monoisotopic (exact) mass is 1090 g/mol. The van der Waals surface area contributed by atoms with E-state index in [0.29, 0.717) is 19.3 Å². The van der Waals surface area contributed by atoms with E-state index in [1.54, 1.807) is 0 Å². The third-order valence-electron chi connectivity index (χ3n) is 15.3. The molecule has 0 bridgehead atoms. The van der Waals surface area contributed by atoms with Gasteiger partial charge in [-0.3, -0.25) is 14.4 Å². The fourth-order valence-electron chi connectivity index (χ4n) is 10.1. The number of rotatable bonds is 63. The summed E-state index contributed by atoms with van der Waals surface area (Å²) < 4.78 is 16.9. The average molecular weight is 1090 g/mol. The van der Waals surface area contributed by atoms with Gasteiger partial charge in [-0.15, -0.1) is 0 Å². The maximum absolute atomic E-state index is 12.9. The zero-order chi connectivity index (χ0) is 56.4. The highest BCUT2D eigenvalue weighted by Gasteiger charge is 2.19. The molecule has 0 spiro atoms. The van der Waals surface area contributed by atoms with Gasteiger partial charge >= 0.3 is 17.9 Å². The smallest absolute Gasteiger partial charge is 0.306 e. The number of hydrogen-bond acceptors (Lipinski definition) is 6. The van der Waals surface area contributed by atoms with Crippen LogP contribution in [0.15, 0.2) is 60.8 Å². The normalized spacial score (nSPS) is 12.4. The lowest BCUT2D eigenvalue weighted by molar-refractivity contribution is -0.167. The number of unbranched alkanes of at least 4 members (excludes halogenated alkanes) is 42. The van der Waals surface area contributed by atoms with Crippen LogP contribution in [0.25, 0.3) is 0 Å². The summed E-state index contributed by atoms with van der Waals surface area (Å²) in [5.74, 6) is -0.923. The topological polar surface area (TPSA) is 78.9 Å². The van der Waals surface area contributed by atoms with Crippen molar-refractivity contribution in [2.24, 2.45) is 0 Å². The van der Waals surface area contributed by atoms with E-state index >= 15 is 0 Å². The molecular weight excluding hydrogens is 961 g/mol. The predicted molar refractivity (Wildman–Crippen MR) is 339 cm³/mol. The fraction of sp³-hybridized carbons (Fsp3) is 0.819. The second-order valence-corrected chi connectivity index (χ2v) is 23.1. The largest absolute Gasteiger partial charge is 0.462 e. The van der Waals surface area contributed by atoms with Crippen LogP contribution in [0, 0.1) is 0 Å². The molecule has 0 rings (SSSR count). The number of allylic oxidation sites excluding steroid dienone is 10. The molecule has 78 heavy (non-hydrogen) atoms. The van der Waals surface area contributed by atoms with Gasteiger partial charge in [0.2, 0.25) is 0 Å². The van der Waals surface area contributed by atoms with Crippen LogP contribution in [0.2, 0.25) is 0 Å². The molecule has 1 atom stereocenters. The van der Waals surface area contributed by atoms with E-state index in [2.05, 4.69) is 81.5 Å². The van der Waals surface area contributed by atoms with Crippen LogP contribution in [-0.2, 0) is 28.6 Å². The van der Waals surface area contributed by atoms with E-state index < -0.39 is 6.10 Å². The van der Waals surface area contributed by atoms with Gasteiger partial charge in [0.15, 0.2) is 6.10 Å². The molecule has 0 aliphatic carbocycles. The summed E-state index contributed by atoms with van der Waals surface area (Å²) in [7, 11) is 0. The number of carbonyl (C=O) groups is 3. The molecule has 0 radical (unpaired) electrons. The zero-order valence-electron chi connectivity index (χ0n) is 52.2. The quantitative estimate of drug-likeness (QED) is 0.0261. The Balaban J connectivity index is 4.19. The molecule has 1 unspecified atom stereocenters. The van der Waals surface area contributed by atoms with Crippen LogP contribution in [0.5, 0.6) is 0 Å². The van der Waals surface area contributed by atoms with Gasteiger partial charge in [-0.2, -0.15) is 0 Å². The van der Waals surface area contributed by atoms with Gasteiger partial charge in [0.1, 0.15) is 13.2 Å². The molecule has 0 N–H and O–H groups in total. The van der Waals surface area contributed by atoms with Crippen molar-refractivity contribution in [1.29, 1.82) is 0 Å². The molecule has 0 aliphatic rings. The molecule has 0 fully saturated rings. The lowest BCUT2D eigenvalue weighted by Crippen LogP contribution is -2.30. The third kappa shape index (κ3) is 63.9. The molecule has 0 saturated heterocycles. The van der Waals surface area contributed by atoms with Crippen molar-refractivity contribution in [2.75, 3.05) is 13.2 Å². The number of carbonyl (C=O) groups excluding carboxylic acids is 3. The minimum absolute atomic E-state index is 0.0905. The van der Waals surface area contributed by atoms with Crippen LogP contribution in [-0.4, -0.2) is 37.2 Å². The van der Waals surface area contributed by atoms with Gasteiger partial charge in [-0.05, 0) is 83.5 Å². The molecule has 6 heteroatoms. The van der Waals surface area contributed by atoms with E-state index in [1.165, 1.54) is 231 Å². The molecule has 0 aromatic heterocycles. The molecule has 0 aromatic rings. The molecule has 6 nitrogen and oxygen atoms in total. The van der Waals surface area contributed by atoms with E-state index in [-0.39, 0.29) is 37.5 Å². The molecule has 0 aromatic carbocycles. The summed E-state index contributed by atoms with van der Waals surface area (Å²) in [4.78, 5) is 38.3. The van der Waals surface area contributed by atoms with Gasteiger partial charge in [0, 0.05) is 19.3 Å². The van der Waals surface area contributed by atoms with Crippen LogP contribution < -0.4 is 0 Å². The average Bonchev–Trinajstić information content (AvgIpc) is 3.44. The number of esters is 3. The fourth-order valence-corrected chi connectivity index (χ4v) is 10.1. The summed E-state index contributed by atoms with van der Waals surface area (Å²) in [5.41, 5.74) is 0. The van der Waals surface area contributed by atoms with Crippen molar-refractivity contribution < 1.29 is 28.6 Å². The van der Waals surface area contributed by atoms with Crippen molar-refractivity contribution in [3.05, 3.63) is 60.8 Å². The molecular formula is C72H130O6. The van der Waals surface area contributed by atoms with E-state index in [0.717, 1.165) is 83.5 Å². The Kier molecular flexibility index (Phi) is 64.2. The van der Waals surface area contributed by atoms with Crippen LogP contribution in [0.3, 0.4) is 0 Å². The Morgan fingerprint density at radius 3 is 0.821 bits per heavy atom. The Hall–Kier alpha value is -2.89. The van der Waals surface area contributed by atoms with Crippen molar-refractivity contribution in [2.45, 2.75) is 367 Å². The van der Waals surface area contributed by atoms with E-state index in [1.807, 2.05) is 0 Å². The maximum Gasteiger partial charge on any atom is 0.306 e. The van der Waals surface area contributed by atoms with Gasteiger partial charge in [-0.1, -0.05) is 319 Å². The summed E-state index contributed by atoms with van der Waals surface area (Å²) in [6.45, 7) is 6.53. The molecule has 454 valence electrons. The van der Waals surface area contributed by atoms with E-state index in [9.17, 15) is 14.4 Å². The Morgan fingerprint density at radius 2 is 0.500 bits per heavy atom. The van der Waals surface area contributed by atoms with Crippen molar-refractivity contribution >= 4 is 17.9 Å². The lowest BCUT2D eigenvalue weighted by Gasteiger charge is -2.18. The first-order chi connectivity index (χ1) is 38.5. The molecule has 0 saturated carbocycles. The highest BCUT2D eigenvalue weighted by atomic mass is 16.6. The Labute approximate surface area is 485 Å². The van der Waals surface area contributed by atoms with Crippen molar-refractivity contribution in [1.82, 2.24) is 0 Å². The van der Waals surface area contributed by atoms with Gasteiger partial charge in [0.25, 0.3) is 0 Å². The molecule has 0 aliphatic heterocycles. The third-order valence-corrected chi connectivity index (χ3v) is 15.3. The first-order valence-corrected chi connectivity index (χ1v) is 34.3. The first-order valence-electron chi connectivity index (χ1n) is 34.3. The molecule has 0 amide bonds. The highest BCUT2D eigenvalue weighted by Crippen LogP contribution is 2.18. The Morgan fingerprint density at radius 1 is 0.269 bits per heavy atom. The minimum atomic E-state index is -0.799.